The average Bonchev–Trinajstić information content (AvgIpc) is 2.40. The Morgan fingerprint density at radius 2 is 2.10 bits per heavy atom. The first kappa shape index (κ1) is 16.9. The van der Waals surface area contributed by atoms with Gasteiger partial charge in [0, 0.05) is 19.1 Å². The molecule has 0 aromatic carbocycles. The van der Waals surface area contributed by atoms with E-state index in [0.717, 1.165) is 6.54 Å². The maximum absolute atomic E-state index is 11.7. The Labute approximate surface area is 124 Å². The summed E-state index contributed by atoms with van der Waals surface area (Å²) in [5.74, 6) is -0.935. The number of carboxylic acid groups (broad SMARTS) is 1. The van der Waals surface area contributed by atoms with Crippen molar-refractivity contribution in [2.45, 2.75) is 26.3 Å². The van der Waals surface area contributed by atoms with E-state index in [-0.39, 0.29) is 12.5 Å². The molecule has 2 amide bonds. The van der Waals surface area contributed by atoms with Crippen LogP contribution in [0.15, 0.2) is 18.3 Å². The van der Waals surface area contributed by atoms with Crippen LogP contribution in [0.4, 0.5) is 10.5 Å². The second-order valence-corrected chi connectivity index (χ2v) is 5.06. The summed E-state index contributed by atoms with van der Waals surface area (Å²) in [6.07, 6.45) is 1.31. The Morgan fingerprint density at radius 1 is 1.38 bits per heavy atom. The van der Waals surface area contributed by atoms with Gasteiger partial charge in [0.2, 0.25) is 0 Å². The number of carbonyl (C=O) groups is 2. The molecule has 0 spiro atoms. The van der Waals surface area contributed by atoms with Crippen LogP contribution in [0.5, 0.6) is 0 Å². The zero-order valence-electron chi connectivity index (χ0n) is 12.6. The molecule has 3 N–H and O–H groups in total. The van der Waals surface area contributed by atoms with Crippen LogP contribution in [-0.4, -0.2) is 53.2 Å². The maximum atomic E-state index is 11.7. The lowest BCUT2D eigenvalue weighted by molar-refractivity contribution is -0.136. The van der Waals surface area contributed by atoms with Crippen LogP contribution in [0.2, 0.25) is 0 Å². The van der Waals surface area contributed by atoms with Gasteiger partial charge in [0.25, 0.3) is 0 Å². The van der Waals surface area contributed by atoms with Gasteiger partial charge in [-0.05, 0) is 33.0 Å². The number of likely N-dealkylation sites (N-methyl/N-ethyl adjacent to an activating group) is 1. The lowest BCUT2D eigenvalue weighted by atomic mass is 10.2. The van der Waals surface area contributed by atoms with E-state index >= 15 is 0 Å². The van der Waals surface area contributed by atoms with Crippen molar-refractivity contribution in [1.29, 1.82) is 0 Å². The molecule has 0 bridgehead atoms. The second kappa shape index (κ2) is 8.21. The number of nitrogens with zero attached hydrogens (tertiary/aromatic N) is 2. The fourth-order valence-electron chi connectivity index (χ4n) is 1.54. The van der Waals surface area contributed by atoms with Crippen LogP contribution >= 0.6 is 0 Å². The zero-order valence-corrected chi connectivity index (χ0v) is 12.6. The summed E-state index contributed by atoms with van der Waals surface area (Å²) in [4.78, 5) is 28.3. The largest absolute Gasteiger partial charge is 0.481 e. The number of hydrogen-bond acceptors (Lipinski definition) is 4. The van der Waals surface area contributed by atoms with Crippen molar-refractivity contribution in [3.05, 3.63) is 24.0 Å². The lowest BCUT2D eigenvalue weighted by Gasteiger charge is -2.20. The molecule has 0 aliphatic heterocycles. The molecule has 7 nitrogen and oxygen atoms in total. The van der Waals surface area contributed by atoms with E-state index in [0.29, 0.717) is 24.0 Å². The van der Waals surface area contributed by atoms with Crippen molar-refractivity contribution in [2.75, 3.05) is 25.5 Å². The van der Waals surface area contributed by atoms with Crippen molar-refractivity contribution in [3.63, 3.8) is 0 Å². The zero-order chi connectivity index (χ0) is 15.8. The van der Waals surface area contributed by atoms with Crippen molar-refractivity contribution in [3.8, 4) is 0 Å². The summed E-state index contributed by atoms with van der Waals surface area (Å²) in [5, 5.41) is 14.0. The Bertz CT molecular complexity index is 474. The third-order valence-electron chi connectivity index (χ3n) is 3.05. The minimum atomic E-state index is -0.935. The van der Waals surface area contributed by atoms with E-state index in [1.807, 2.05) is 7.05 Å². The highest BCUT2D eigenvalue weighted by atomic mass is 16.4. The van der Waals surface area contributed by atoms with Crippen molar-refractivity contribution < 1.29 is 14.7 Å². The molecular formula is C14H22N4O3. The molecule has 0 saturated heterocycles. The monoisotopic (exact) mass is 294 g/mol. The van der Waals surface area contributed by atoms with Gasteiger partial charge in [-0.15, -0.1) is 0 Å². The quantitative estimate of drug-likeness (QED) is 0.702. The molecule has 0 unspecified atom stereocenters. The van der Waals surface area contributed by atoms with Crippen LogP contribution in [-0.2, 0) is 11.2 Å². The Kier molecular flexibility index (Phi) is 6.61. The van der Waals surface area contributed by atoms with Crippen molar-refractivity contribution in [1.82, 2.24) is 15.2 Å². The van der Waals surface area contributed by atoms with Crippen LogP contribution in [0.25, 0.3) is 0 Å². The molecule has 0 aliphatic carbocycles. The minimum Gasteiger partial charge on any atom is -0.481 e. The van der Waals surface area contributed by atoms with Gasteiger partial charge >= 0.3 is 12.0 Å². The molecule has 1 rings (SSSR count). The van der Waals surface area contributed by atoms with E-state index < -0.39 is 5.97 Å². The molecule has 1 aromatic heterocycles. The number of pyridine rings is 1. The van der Waals surface area contributed by atoms with Crippen molar-refractivity contribution in [2.24, 2.45) is 0 Å². The Balaban J connectivity index is 2.36. The topological polar surface area (TPSA) is 94.6 Å². The highest BCUT2D eigenvalue weighted by Crippen LogP contribution is 2.06. The van der Waals surface area contributed by atoms with Gasteiger partial charge in [-0.25, -0.2) is 4.79 Å². The average molecular weight is 294 g/mol. The number of aromatic nitrogens is 1. The Hall–Kier alpha value is -2.15. The fraction of sp³-hybridized carbons (Fsp3) is 0.500. The summed E-state index contributed by atoms with van der Waals surface area (Å²) < 4.78 is 0. The first-order valence-electron chi connectivity index (χ1n) is 6.80. The van der Waals surface area contributed by atoms with E-state index in [1.54, 1.807) is 12.1 Å². The first-order valence-corrected chi connectivity index (χ1v) is 6.80. The summed E-state index contributed by atoms with van der Waals surface area (Å²) in [7, 11) is 2.00. The third-order valence-corrected chi connectivity index (χ3v) is 3.05. The predicted molar refractivity (Wildman–Crippen MR) is 80.4 cm³/mol. The number of urea groups is 1. The molecule has 0 fully saturated rings. The van der Waals surface area contributed by atoms with Crippen LogP contribution in [0, 0.1) is 0 Å². The molecule has 0 atom stereocenters. The number of amides is 2. The van der Waals surface area contributed by atoms with E-state index in [4.69, 9.17) is 5.11 Å². The standard InChI is InChI=1S/C14H22N4O3/c1-10(2)18(3)7-6-15-14(21)17-12-5-4-11(16-9-12)8-13(19)20/h4-5,9-10H,6-8H2,1-3H3,(H,19,20)(H2,15,17,21). The first-order chi connectivity index (χ1) is 9.88. The predicted octanol–water partition coefficient (Wildman–Crippen LogP) is 1.17. The van der Waals surface area contributed by atoms with Gasteiger partial charge in [0.05, 0.1) is 24.0 Å². The van der Waals surface area contributed by atoms with Crippen LogP contribution in [0.1, 0.15) is 19.5 Å². The molecule has 116 valence electrons. The second-order valence-electron chi connectivity index (χ2n) is 5.06. The fourth-order valence-corrected chi connectivity index (χ4v) is 1.54. The number of nitrogens with one attached hydrogen (secondary N) is 2. The molecule has 7 heteroatoms. The van der Waals surface area contributed by atoms with E-state index in [2.05, 4.69) is 34.4 Å². The highest BCUT2D eigenvalue weighted by Gasteiger charge is 2.06. The van der Waals surface area contributed by atoms with Gasteiger partial charge in [-0.2, -0.15) is 0 Å². The summed E-state index contributed by atoms with van der Waals surface area (Å²) >= 11 is 0. The number of carboxylic acids is 1. The minimum absolute atomic E-state index is 0.131. The normalized spacial score (nSPS) is 10.7. The third kappa shape index (κ3) is 6.71. The number of anilines is 1. The number of carbonyl (C=O) groups excluding carboxylic acids is 1. The van der Waals surface area contributed by atoms with Gasteiger partial charge in [-0.3, -0.25) is 9.78 Å². The number of rotatable bonds is 7. The molecule has 0 saturated carbocycles. The van der Waals surface area contributed by atoms with Gasteiger partial charge < -0.3 is 20.6 Å². The van der Waals surface area contributed by atoms with Crippen molar-refractivity contribution >= 4 is 17.7 Å². The summed E-state index contributed by atoms with van der Waals surface area (Å²) in [5.41, 5.74) is 0.978. The van der Waals surface area contributed by atoms with Gasteiger partial charge in [0.1, 0.15) is 0 Å². The van der Waals surface area contributed by atoms with E-state index in [9.17, 15) is 9.59 Å². The lowest BCUT2D eigenvalue weighted by Crippen LogP contribution is -2.37. The van der Waals surface area contributed by atoms with Crippen LogP contribution < -0.4 is 10.6 Å². The van der Waals surface area contributed by atoms with Gasteiger partial charge in [-0.1, -0.05) is 0 Å². The van der Waals surface area contributed by atoms with E-state index in [1.165, 1.54) is 6.20 Å². The van der Waals surface area contributed by atoms with Gasteiger partial charge in [0.15, 0.2) is 0 Å². The number of aliphatic carboxylic acids is 1. The molecule has 21 heavy (non-hydrogen) atoms. The molecule has 0 aliphatic rings. The SMILES string of the molecule is CC(C)N(C)CCNC(=O)Nc1ccc(CC(=O)O)nc1. The summed E-state index contributed by atoms with van der Waals surface area (Å²) in [6.45, 7) is 5.49. The smallest absolute Gasteiger partial charge is 0.319 e. The summed E-state index contributed by atoms with van der Waals surface area (Å²) in [6, 6.07) is 3.34. The highest BCUT2D eigenvalue weighted by molar-refractivity contribution is 5.89. The Morgan fingerprint density at radius 3 is 2.62 bits per heavy atom. The molecule has 0 radical (unpaired) electrons. The number of hydrogen-bond donors (Lipinski definition) is 3. The molecule has 1 aromatic rings. The molecule has 1 heterocycles. The maximum Gasteiger partial charge on any atom is 0.319 e. The molecular weight excluding hydrogens is 272 g/mol. The van der Waals surface area contributed by atoms with Crippen LogP contribution in [0.3, 0.4) is 0 Å².